The van der Waals surface area contributed by atoms with Crippen molar-refractivity contribution in [2.75, 3.05) is 13.1 Å². The molecule has 1 heterocycles. The molecule has 0 bridgehead atoms. The second-order valence-electron chi connectivity index (χ2n) is 5.85. The van der Waals surface area contributed by atoms with Crippen LogP contribution in [0, 0.1) is 5.41 Å². The van der Waals surface area contributed by atoms with E-state index in [1.807, 2.05) is 0 Å². The van der Waals surface area contributed by atoms with E-state index in [0.29, 0.717) is 17.0 Å². The van der Waals surface area contributed by atoms with Crippen molar-refractivity contribution in [1.29, 1.82) is 0 Å². The first-order valence-corrected chi connectivity index (χ1v) is 5.45. The maximum Gasteiger partial charge on any atom is 0.0125 e. The molecule has 2 aliphatic rings. The maximum atomic E-state index is 6.10. The van der Waals surface area contributed by atoms with Crippen LogP contribution in [0.4, 0.5) is 0 Å². The van der Waals surface area contributed by atoms with Gasteiger partial charge in [-0.05, 0) is 52.0 Å². The Balaban J connectivity index is 2.02. The Morgan fingerprint density at radius 3 is 2.23 bits per heavy atom. The number of nitrogens with two attached hydrogens (primary N) is 1. The third kappa shape index (κ3) is 1.40. The summed E-state index contributed by atoms with van der Waals surface area (Å²) in [6.07, 6.45) is 3.93. The largest absolute Gasteiger partial charge is 0.327 e. The quantitative estimate of drug-likeness (QED) is 0.616. The van der Waals surface area contributed by atoms with Crippen LogP contribution in [0.2, 0.25) is 0 Å². The molecule has 0 aromatic heterocycles. The number of rotatable bonds is 0. The molecule has 0 aromatic carbocycles. The van der Waals surface area contributed by atoms with Gasteiger partial charge in [-0.3, -0.25) is 4.90 Å². The van der Waals surface area contributed by atoms with Crippen LogP contribution in [0.25, 0.3) is 0 Å². The van der Waals surface area contributed by atoms with E-state index in [1.54, 1.807) is 0 Å². The predicted octanol–water partition coefficient (Wildman–Crippen LogP) is 1.60. The molecule has 13 heavy (non-hydrogen) atoms. The van der Waals surface area contributed by atoms with Gasteiger partial charge in [0.15, 0.2) is 0 Å². The monoisotopic (exact) mass is 182 g/mol. The summed E-state index contributed by atoms with van der Waals surface area (Å²) >= 11 is 0. The number of hydrogen-bond acceptors (Lipinski definition) is 2. The van der Waals surface area contributed by atoms with Gasteiger partial charge in [0.1, 0.15) is 0 Å². The summed E-state index contributed by atoms with van der Waals surface area (Å²) in [5.74, 6) is 0. The average molecular weight is 182 g/mol. The van der Waals surface area contributed by atoms with E-state index in [2.05, 4.69) is 25.7 Å². The summed E-state index contributed by atoms with van der Waals surface area (Å²) in [5, 5.41) is 0. The lowest BCUT2D eigenvalue weighted by Gasteiger charge is -2.46. The lowest BCUT2D eigenvalue weighted by Crippen LogP contribution is -2.53. The van der Waals surface area contributed by atoms with E-state index < -0.39 is 0 Å². The Bertz CT molecular complexity index is 207. The highest BCUT2D eigenvalue weighted by molar-refractivity contribution is 5.05. The molecule has 0 aromatic rings. The first-order valence-electron chi connectivity index (χ1n) is 5.45. The second kappa shape index (κ2) is 2.71. The van der Waals surface area contributed by atoms with Crippen molar-refractivity contribution in [2.45, 2.75) is 51.6 Å². The van der Waals surface area contributed by atoms with Crippen LogP contribution in [-0.4, -0.2) is 29.6 Å². The fourth-order valence-electron chi connectivity index (χ4n) is 2.69. The molecule has 2 rings (SSSR count). The van der Waals surface area contributed by atoms with Gasteiger partial charge in [0.2, 0.25) is 0 Å². The summed E-state index contributed by atoms with van der Waals surface area (Å²) < 4.78 is 0. The van der Waals surface area contributed by atoms with Crippen molar-refractivity contribution < 1.29 is 0 Å². The highest BCUT2D eigenvalue weighted by Crippen LogP contribution is 2.48. The van der Waals surface area contributed by atoms with Gasteiger partial charge in [0.25, 0.3) is 0 Å². The molecule has 1 saturated carbocycles. The van der Waals surface area contributed by atoms with Crippen LogP contribution in [0.3, 0.4) is 0 Å². The van der Waals surface area contributed by atoms with Crippen molar-refractivity contribution in [3.05, 3.63) is 0 Å². The summed E-state index contributed by atoms with van der Waals surface area (Å²) in [7, 11) is 0. The molecule has 2 fully saturated rings. The van der Waals surface area contributed by atoms with Crippen LogP contribution < -0.4 is 5.73 Å². The molecule has 2 atom stereocenters. The van der Waals surface area contributed by atoms with Gasteiger partial charge in [0.05, 0.1) is 0 Å². The van der Waals surface area contributed by atoms with E-state index in [0.717, 1.165) is 0 Å². The average Bonchev–Trinajstić information content (AvgIpc) is 2.47. The molecule has 76 valence electrons. The second-order valence-corrected chi connectivity index (χ2v) is 5.85. The lowest BCUT2D eigenvalue weighted by molar-refractivity contribution is 0.0765. The zero-order chi connectivity index (χ0) is 9.69. The van der Waals surface area contributed by atoms with E-state index in [9.17, 15) is 0 Å². The van der Waals surface area contributed by atoms with E-state index >= 15 is 0 Å². The van der Waals surface area contributed by atoms with Crippen LogP contribution in [0.15, 0.2) is 0 Å². The van der Waals surface area contributed by atoms with Crippen molar-refractivity contribution in [3.8, 4) is 0 Å². The van der Waals surface area contributed by atoms with E-state index in [1.165, 1.54) is 32.4 Å². The van der Waals surface area contributed by atoms with Crippen LogP contribution in [0.5, 0.6) is 0 Å². The van der Waals surface area contributed by atoms with Gasteiger partial charge in [-0.1, -0.05) is 0 Å². The molecule has 1 aliphatic carbocycles. The molecule has 2 unspecified atom stereocenters. The minimum absolute atomic E-state index is 0.332. The van der Waals surface area contributed by atoms with Crippen molar-refractivity contribution in [1.82, 2.24) is 4.90 Å². The summed E-state index contributed by atoms with van der Waals surface area (Å²) in [4.78, 5) is 2.59. The fourth-order valence-corrected chi connectivity index (χ4v) is 2.69. The molecule has 1 saturated heterocycles. The maximum absolute atomic E-state index is 6.10. The number of likely N-dealkylation sites (tertiary alicyclic amines) is 1. The molecule has 2 heteroatoms. The molecule has 0 amide bonds. The number of nitrogens with zero attached hydrogens (tertiary/aromatic N) is 1. The summed E-state index contributed by atoms with van der Waals surface area (Å²) in [6.45, 7) is 9.39. The van der Waals surface area contributed by atoms with Gasteiger partial charge < -0.3 is 5.73 Å². The van der Waals surface area contributed by atoms with E-state index in [-0.39, 0.29) is 0 Å². The standard InChI is InChI=1S/C11H22N2/c1-10(2,3)13-7-6-11(8-13)5-4-9(11)12/h9H,4-8,12H2,1-3H3. The fraction of sp³-hybridized carbons (Fsp3) is 1.00. The van der Waals surface area contributed by atoms with Crippen LogP contribution in [0.1, 0.15) is 40.0 Å². The Morgan fingerprint density at radius 2 is 2.00 bits per heavy atom. The van der Waals surface area contributed by atoms with Crippen molar-refractivity contribution in [2.24, 2.45) is 11.1 Å². The smallest absolute Gasteiger partial charge is 0.0125 e. The predicted molar refractivity (Wildman–Crippen MR) is 55.6 cm³/mol. The first kappa shape index (κ1) is 9.47. The van der Waals surface area contributed by atoms with Gasteiger partial charge in [-0.25, -0.2) is 0 Å². The van der Waals surface area contributed by atoms with Gasteiger partial charge in [-0.15, -0.1) is 0 Å². The third-order valence-corrected chi connectivity index (χ3v) is 4.07. The minimum Gasteiger partial charge on any atom is -0.327 e. The lowest BCUT2D eigenvalue weighted by atomic mass is 9.64. The van der Waals surface area contributed by atoms with Gasteiger partial charge >= 0.3 is 0 Å². The molecule has 1 aliphatic heterocycles. The minimum atomic E-state index is 0.332. The normalized spacial score (nSPS) is 41.1. The SMILES string of the molecule is CC(C)(C)N1CCC2(CCC2N)C1. The zero-order valence-electron chi connectivity index (χ0n) is 9.14. The summed E-state index contributed by atoms with van der Waals surface area (Å²) in [6, 6.07) is 0.486. The Morgan fingerprint density at radius 1 is 1.31 bits per heavy atom. The highest BCUT2D eigenvalue weighted by atomic mass is 15.2. The van der Waals surface area contributed by atoms with Crippen molar-refractivity contribution >= 4 is 0 Å². The topological polar surface area (TPSA) is 29.3 Å². The molecular weight excluding hydrogens is 160 g/mol. The van der Waals surface area contributed by atoms with Crippen molar-refractivity contribution in [3.63, 3.8) is 0 Å². The number of hydrogen-bond donors (Lipinski definition) is 1. The molecule has 1 spiro atoms. The molecular formula is C11H22N2. The first-order chi connectivity index (χ1) is 5.94. The van der Waals surface area contributed by atoms with E-state index in [4.69, 9.17) is 5.73 Å². The Hall–Kier alpha value is -0.0800. The molecule has 2 nitrogen and oxygen atoms in total. The molecule has 2 N–H and O–H groups in total. The highest BCUT2D eigenvalue weighted by Gasteiger charge is 2.50. The zero-order valence-corrected chi connectivity index (χ0v) is 9.14. The van der Waals surface area contributed by atoms with Crippen LogP contribution in [-0.2, 0) is 0 Å². The third-order valence-electron chi connectivity index (χ3n) is 4.07. The van der Waals surface area contributed by atoms with Gasteiger partial charge in [0, 0.05) is 18.1 Å². The Kier molecular flexibility index (Phi) is 1.97. The Labute approximate surface area is 81.5 Å². The molecule has 0 radical (unpaired) electrons. The van der Waals surface area contributed by atoms with Gasteiger partial charge in [-0.2, -0.15) is 0 Å². The summed E-state index contributed by atoms with van der Waals surface area (Å²) in [5.41, 5.74) is 6.94. The van der Waals surface area contributed by atoms with Crippen LogP contribution >= 0.6 is 0 Å².